The Labute approximate surface area is 149 Å². The minimum Gasteiger partial charge on any atom is -0.487 e. The number of benzene rings is 1. The number of likely N-dealkylation sites (tertiary alicyclic amines) is 1. The molecule has 0 spiro atoms. The molecule has 1 aromatic carbocycles. The molecule has 4 rings (SSSR count). The van der Waals surface area contributed by atoms with Gasteiger partial charge in [0.25, 0.3) is 0 Å². The van der Waals surface area contributed by atoms with Gasteiger partial charge in [0.1, 0.15) is 0 Å². The average Bonchev–Trinajstić information content (AvgIpc) is 2.99. The molecule has 2 aliphatic rings. The van der Waals surface area contributed by atoms with Crippen LogP contribution in [0.4, 0.5) is 0 Å². The number of aromatic amines is 1. The predicted molar refractivity (Wildman–Crippen MR) is 103 cm³/mol. The molecule has 1 aliphatic carbocycles. The van der Waals surface area contributed by atoms with Gasteiger partial charge in [-0.3, -0.25) is 0 Å². The third-order valence-electron chi connectivity index (χ3n) is 5.87. The van der Waals surface area contributed by atoms with Gasteiger partial charge in [-0.05, 0) is 68.6 Å². The van der Waals surface area contributed by atoms with Crippen LogP contribution in [0.3, 0.4) is 0 Å². The molecule has 0 bridgehead atoms. The molecule has 24 heavy (non-hydrogen) atoms. The Morgan fingerprint density at radius 2 is 2.29 bits per heavy atom. The first kappa shape index (κ1) is 16.1. The van der Waals surface area contributed by atoms with Crippen LogP contribution in [0, 0.1) is 5.92 Å². The lowest BCUT2D eigenvalue weighted by molar-refractivity contribution is 0.108. The number of fused-ring (bicyclic) bond motifs is 2. The van der Waals surface area contributed by atoms with Gasteiger partial charge in [0, 0.05) is 42.0 Å². The number of nitrogens with one attached hydrogen (secondary N) is 1. The molecule has 1 aliphatic heterocycles. The van der Waals surface area contributed by atoms with E-state index in [1.165, 1.54) is 35.9 Å². The molecule has 1 aromatic heterocycles. The van der Waals surface area contributed by atoms with E-state index in [4.69, 9.17) is 17.0 Å². The second-order valence-electron chi connectivity index (χ2n) is 7.35. The number of likely N-dealkylation sites (N-methyl/N-ethyl adjacent to an activating group) is 1. The SMILES string of the molecule is CCOC(=S)CC[C@@H]1C[C@@H]2c3cccc4[nH]cc(c34)C[C@H]2N(C)C1. The Morgan fingerprint density at radius 3 is 3.12 bits per heavy atom. The van der Waals surface area contributed by atoms with Crippen LogP contribution < -0.4 is 0 Å². The van der Waals surface area contributed by atoms with Crippen molar-refractivity contribution in [2.75, 3.05) is 20.2 Å². The summed E-state index contributed by atoms with van der Waals surface area (Å²) in [5, 5.41) is 2.26. The van der Waals surface area contributed by atoms with E-state index in [0.717, 1.165) is 17.9 Å². The van der Waals surface area contributed by atoms with Gasteiger partial charge in [0.05, 0.1) is 6.61 Å². The van der Waals surface area contributed by atoms with Crippen LogP contribution in [0.5, 0.6) is 0 Å². The highest BCUT2D eigenvalue weighted by Crippen LogP contribution is 2.44. The summed E-state index contributed by atoms with van der Waals surface area (Å²) in [6, 6.07) is 7.38. The summed E-state index contributed by atoms with van der Waals surface area (Å²) in [6.45, 7) is 3.86. The van der Waals surface area contributed by atoms with Crippen LogP contribution >= 0.6 is 12.2 Å². The molecule has 0 saturated carbocycles. The van der Waals surface area contributed by atoms with Crippen molar-refractivity contribution < 1.29 is 4.74 Å². The number of piperidine rings is 1. The van der Waals surface area contributed by atoms with Crippen molar-refractivity contribution in [3.05, 3.63) is 35.5 Å². The van der Waals surface area contributed by atoms with E-state index in [1.807, 2.05) is 6.92 Å². The van der Waals surface area contributed by atoms with Gasteiger partial charge in [-0.1, -0.05) is 12.1 Å². The van der Waals surface area contributed by atoms with Gasteiger partial charge < -0.3 is 14.6 Å². The lowest BCUT2D eigenvalue weighted by atomic mass is 9.72. The summed E-state index contributed by atoms with van der Waals surface area (Å²) in [4.78, 5) is 6.04. The Balaban J connectivity index is 1.56. The number of hydrogen-bond acceptors (Lipinski definition) is 3. The minimum atomic E-state index is 0.633. The van der Waals surface area contributed by atoms with Crippen LogP contribution in [-0.4, -0.2) is 41.2 Å². The first-order chi connectivity index (χ1) is 11.7. The monoisotopic (exact) mass is 342 g/mol. The Bertz CT molecular complexity index is 753. The highest BCUT2D eigenvalue weighted by molar-refractivity contribution is 7.80. The number of nitrogens with zero attached hydrogens (tertiary/aromatic N) is 1. The van der Waals surface area contributed by atoms with Crippen molar-refractivity contribution in [1.29, 1.82) is 0 Å². The number of H-pyrrole nitrogens is 1. The van der Waals surface area contributed by atoms with Crippen molar-refractivity contribution in [2.24, 2.45) is 5.92 Å². The van der Waals surface area contributed by atoms with Crippen LogP contribution in [0.25, 0.3) is 10.9 Å². The van der Waals surface area contributed by atoms with E-state index in [-0.39, 0.29) is 0 Å². The number of ether oxygens (including phenoxy) is 1. The van der Waals surface area contributed by atoms with Crippen molar-refractivity contribution in [1.82, 2.24) is 9.88 Å². The highest BCUT2D eigenvalue weighted by Gasteiger charge is 2.39. The zero-order valence-electron chi connectivity index (χ0n) is 14.5. The van der Waals surface area contributed by atoms with E-state index >= 15 is 0 Å². The lowest BCUT2D eigenvalue weighted by Gasteiger charge is -2.45. The van der Waals surface area contributed by atoms with Gasteiger partial charge >= 0.3 is 0 Å². The van der Waals surface area contributed by atoms with Crippen molar-refractivity contribution in [2.45, 2.75) is 44.6 Å². The van der Waals surface area contributed by atoms with E-state index in [2.05, 4.69) is 41.3 Å². The zero-order chi connectivity index (χ0) is 16.7. The first-order valence-corrected chi connectivity index (χ1v) is 9.53. The molecule has 0 amide bonds. The Morgan fingerprint density at radius 1 is 1.42 bits per heavy atom. The fraction of sp³-hybridized carbons (Fsp3) is 0.550. The molecule has 1 fully saturated rings. The quantitative estimate of drug-likeness (QED) is 0.841. The third kappa shape index (κ3) is 2.76. The van der Waals surface area contributed by atoms with E-state index in [0.29, 0.717) is 24.5 Å². The smallest absolute Gasteiger partial charge is 0.159 e. The second kappa shape index (κ2) is 6.49. The maximum atomic E-state index is 5.46. The average molecular weight is 343 g/mol. The largest absolute Gasteiger partial charge is 0.487 e. The molecule has 3 atom stereocenters. The first-order valence-electron chi connectivity index (χ1n) is 9.12. The lowest BCUT2D eigenvalue weighted by Crippen LogP contribution is -2.47. The number of hydrogen-bond donors (Lipinski definition) is 1. The molecule has 2 aromatic rings. The molecular formula is C20H26N2OS. The van der Waals surface area contributed by atoms with Gasteiger partial charge in [-0.25, -0.2) is 0 Å². The summed E-state index contributed by atoms with van der Waals surface area (Å²) in [7, 11) is 2.29. The summed E-state index contributed by atoms with van der Waals surface area (Å²) in [6.07, 6.45) is 6.71. The maximum Gasteiger partial charge on any atom is 0.159 e. The topological polar surface area (TPSA) is 28.3 Å². The molecular weight excluding hydrogens is 316 g/mol. The highest BCUT2D eigenvalue weighted by atomic mass is 32.1. The summed E-state index contributed by atoms with van der Waals surface area (Å²) >= 11 is 5.32. The van der Waals surface area contributed by atoms with Gasteiger partial charge in [-0.2, -0.15) is 0 Å². The molecule has 0 unspecified atom stereocenters. The number of aromatic nitrogens is 1. The van der Waals surface area contributed by atoms with Crippen LogP contribution in [0.1, 0.15) is 43.2 Å². The summed E-state index contributed by atoms with van der Waals surface area (Å²) in [5.74, 6) is 1.34. The predicted octanol–water partition coefficient (Wildman–Crippen LogP) is 4.27. The molecule has 0 radical (unpaired) electrons. The number of rotatable bonds is 4. The summed E-state index contributed by atoms with van der Waals surface area (Å²) < 4.78 is 5.46. The van der Waals surface area contributed by atoms with Crippen molar-refractivity contribution in [3.63, 3.8) is 0 Å². The van der Waals surface area contributed by atoms with Crippen molar-refractivity contribution >= 4 is 28.2 Å². The molecule has 128 valence electrons. The van der Waals surface area contributed by atoms with E-state index < -0.39 is 0 Å². The van der Waals surface area contributed by atoms with Crippen molar-refractivity contribution in [3.8, 4) is 0 Å². The van der Waals surface area contributed by atoms with E-state index in [9.17, 15) is 0 Å². The summed E-state index contributed by atoms with van der Waals surface area (Å²) in [5.41, 5.74) is 4.33. The molecule has 1 saturated heterocycles. The van der Waals surface area contributed by atoms with Gasteiger partial charge in [0.2, 0.25) is 0 Å². The molecule has 3 nitrogen and oxygen atoms in total. The third-order valence-corrected chi connectivity index (χ3v) is 6.20. The molecule has 4 heteroatoms. The standard InChI is InChI=1S/C20H26N2OS/c1-3-23-19(24)8-7-13-9-16-15-5-4-6-17-20(15)14(11-21-17)10-18(16)22(2)12-13/h4-6,11,13,16,18,21H,3,7-10,12H2,1-2H3/t13-,16-,18-/m1/s1. The second-order valence-corrected chi connectivity index (χ2v) is 7.80. The van der Waals surface area contributed by atoms with E-state index in [1.54, 1.807) is 5.56 Å². The van der Waals surface area contributed by atoms with Gasteiger partial charge in [0.15, 0.2) is 5.05 Å². The fourth-order valence-corrected chi connectivity index (χ4v) is 5.05. The molecule has 2 heterocycles. The fourth-order valence-electron chi connectivity index (χ4n) is 4.82. The van der Waals surface area contributed by atoms with Gasteiger partial charge in [-0.15, -0.1) is 0 Å². The van der Waals surface area contributed by atoms with Crippen LogP contribution in [-0.2, 0) is 11.2 Å². The zero-order valence-corrected chi connectivity index (χ0v) is 15.4. The van der Waals surface area contributed by atoms with Crippen LogP contribution in [0.2, 0.25) is 0 Å². The van der Waals surface area contributed by atoms with Crippen LogP contribution in [0.15, 0.2) is 24.4 Å². The maximum absolute atomic E-state index is 5.46. The Kier molecular flexibility index (Phi) is 4.35. The Hall–Kier alpha value is -1.39. The number of thiocarbonyl (C=S) groups is 1. The minimum absolute atomic E-state index is 0.633. The normalized spacial score (nSPS) is 26.3. The molecule has 1 N–H and O–H groups in total.